The number of hydrogen-bond acceptors (Lipinski definition) is 4. The molecule has 0 fully saturated rings. The number of carbonyl (C=O) groups excluding carboxylic acids is 1. The summed E-state index contributed by atoms with van der Waals surface area (Å²) in [6, 6.07) is 14.1. The fourth-order valence-corrected chi connectivity index (χ4v) is 3.99. The Bertz CT molecular complexity index is 1240. The monoisotopic (exact) mass is 430 g/mol. The second kappa shape index (κ2) is 8.94. The van der Waals surface area contributed by atoms with E-state index in [0.717, 1.165) is 52.2 Å². The number of hydrogen-bond donors (Lipinski definition) is 1. The van der Waals surface area contributed by atoms with E-state index >= 15 is 0 Å². The van der Waals surface area contributed by atoms with Crippen molar-refractivity contribution >= 4 is 16.9 Å². The van der Waals surface area contributed by atoms with E-state index < -0.39 is 0 Å². The Morgan fingerprint density at radius 3 is 2.66 bits per heavy atom. The second-order valence-corrected chi connectivity index (χ2v) is 8.63. The third-order valence-corrected chi connectivity index (χ3v) is 5.80. The molecule has 4 aromatic rings. The molecule has 0 bridgehead atoms. The van der Waals surface area contributed by atoms with Crippen LogP contribution in [0.3, 0.4) is 0 Å². The molecule has 3 heterocycles. The molecule has 1 amide bonds. The van der Waals surface area contributed by atoms with Crippen LogP contribution in [0.1, 0.15) is 53.6 Å². The molecule has 0 radical (unpaired) electrons. The molecular formula is C25H30N6O. The van der Waals surface area contributed by atoms with Crippen LogP contribution in [0, 0.1) is 6.92 Å². The van der Waals surface area contributed by atoms with Crippen molar-refractivity contribution in [2.24, 2.45) is 7.05 Å². The molecule has 0 saturated carbocycles. The molecule has 3 aromatic heterocycles. The maximum Gasteiger partial charge on any atom is 0.254 e. The standard InChI is InChI=1S/C25H30N6O/c1-16(2)21-15-20(23-17(3)29-31(5)24(23)26-21)25(32)30(4)13-9-12-19-14-22(28-27-19)18-10-7-6-8-11-18/h6-8,10-11,14-16H,9,12-13H2,1-5H3,(H,27,28). The molecular weight excluding hydrogens is 400 g/mol. The summed E-state index contributed by atoms with van der Waals surface area (Å²) in [5.41, 5.74) is 6.28. The smallest absolute Gasteiger partial charge is 0.254 e. The number of aromatic amines is 1. The van der Waals surface area contributed by atoms with Crippen LogP contribution < -0.4 is 0 Å². The Hall–Kier alpha value is -3.48. The van der Waals surface area contributed by atoms with Crippen molar-refractivity contribution < 1.29 is 4.79 Å². The van der Waals surface area contributed by atoms with Crippen LogP contribution >= 0.6 is 0 Å². The van der Waals surface area contributed by atoms with Gasteiger partial charge >= 0.3 is 0 Å². The number of aromatic nitrogens is 5. The van der Waals surface area contributed by atoms with E-state index in [9.17, 15) is 4.79 Å². The highest BCUT2D eigenvalue weighted by atomic mass is 16.2. The van der Waals surface area contributed by atoms with Crippen molar-refractivity contribution in [2.45, 2.75) is 39.5 Å². The Labute approximate surface area is 188 Å². The zero-order valence-electron chi connectivity index (χ0n) is 19.4. The number of rotatable bonds is 7. The molecule has 166 valence electrons. The molecule has 0 unspecified atom stereocenters. The lowest BCUT2D eigenvalue weighted by Gasteiger charge is -2.18. The van der Waals surface area contributed by atoms with Gasteiger partial charge < -0.3 is 4.90 Å². The summed E-state index contributed by atoms with van der Waals surface area (Å²) in [6.45, 7) is 6.75. The second-order valence-electron chi connectivity index (χ2n) is 8.63. The average Bonchev–Trinajstić information content (AvgIpc) is 3.37. The van der Waals surface area contributed by atoms with Crippen LogP contribution in [0.2, 0.25) is 0 Å². The Morgan fingerprint density at radius 2 is 1.94 bits per heavy atom. The lowest BCUT2D eigenvalue weighted by molar-refractivity contribution is 0.0795. The number of H-pyrrole nitrogens is 1. The first-order valence-electron chi connectivity index (χ1n) is 11.0. The van der Waals surface area contributed by atoms with Crippen LogP contribution in [0.15, 0.2) is 42.5 Å². The minimum Gasteiger partial charge on any atom is -0.342 e. The van der Waals surface area contributed by atoms with Crippen molar-refractivity contribution in [2.75, 3.05) is 13.6 Å². The van der Waals surface area contributed by atoms with Gasteiger partial charge in [-0.2, -0.15) is 10.2 Å². The van der Waals surface area contributed by atoms with Gasteiger partial charge in [-0.3, -0.25) is 14.6 Å². The number of fused-ring (bicyclic) bond motifs is 1. The topological polar surface area (TPSA) is 79.7 Å². The van der Waals surface area contributed by atoms with Crippen LogP contribution in [0.25, 0.3) is 22.3 Å². The Balaban J connectivity index is 1.47. The predicted octanol–water partition coefficient (Wildman–Crippen LogP) is 4.50. The molecule has 0 aliphatic rings. The maximum atomic E-state index is 13.4. The Morgan fingerprint density at radius 1 is 1.19 bits per heavy atom. The molecule has 0 aliphatic heterocycles. The largest absolute Gasteiger partial charge is 0.342 e. The van der Waals surface area contributed by atoms with Crippen molar-refractivity contribution in [1.29, 1.82) is 0 Å². The molecule has 1 N–H and O–H groups in total. The molecule has 32 heavy (non-hydrogen) atoms. The van der Waals surface area contributed by atoms with E-state index in [1.807, 2.05) is 57.4 Å². The molecule has 0 aliphatic carbocycles. The third kappa shape index (κ3) is 4.28. The van der Waals surface area contributed by atoms with Crippen molar-refractivity contribution in [3.63, 3.8) is 0 Å². The van der Waals surface area contributed by atoms with Crippen LogP contribution in [-0.4, -0.2) is 49.4 Å². The SMILES string of the molecule is Cc1nn(C)c2nc(C(C)C)cc(C(=O)N(C)CCCc3cc(-c4ccccc4)n[nH]3)c12. The summed E-state index contributed by atoms with van der Waals surface area (Å²) < 4.78 is 1.76. The first-order valence-corrected chi connectivity index (χ1v) is 11.0. The van der Waals surface area contributed by atoms with Crippen molar-refractivity contribution in [3.05, 3.63) is 65.1 Å². The van der Waals surface area contributed by atoms with E-state index in [2.05, 4.69) is 35.2 Å². The van der Waals surface area contributed by atoms with Gasteiger partial charge in [0.15, 0.2) is 5.65 Å². The number of nitrogens with one attached hydrogen (secondary N) is 1. The van der Waals surface area contributed by atoms with Gasteiger partial charge in [-0.05, 0) is 37.8 Å². The molecule has 0 saturated heterocycles. The van der Waals surface area contributed by atoms with Gasteiger partial charge in [-0.1, -0.05) is 44.2 Å². The van der Waals surface area contributed by atoms with E-state index in [-0.39, 0.29) is 11.8 Å². The highest BCUT2D eigenvalue weighted by Gasteiger charge is 2.22. The summed E-state index contributed by atoms with van der Waals surface area (Å²) in [6.07, 6.45) is 1.67. The van der Waals surface area contributed by atoms with Gasteiger partial charge in [-0.25, -0.2) is 4.98 Å². The van der Waals surface area contributed by atoms with Gasteiger partial charge in [0.05, 0.1) is 22.3 Å². The van der Waals surface area contributed by atoms with E-state index in [0.29, 0.717) is 12.1 Å². The van der Waals surface area contributed by atoms with Crippen molar-refractivity contribution in [1.82, 2.24) is 29.9 Å². The summed E-state index contributed by atoms with van der Waals surface area (Å²) >= 11 is 0. The van der Waals surface area contributed by atoms with Crippen LogP contribution in [0.4, 0.5) is 0 Å². The lowest BCUT2D eigenvalue weighted by atomic mass is 10.0. The van der Waals surface area contributed by atoms with Crippen LogP contribution in [0.5, 0.6) is 0 Å². The summed E-state index contributed by atoms with van der Waals surface area (Å²) in [4.78, 5) is 19.9. The molecule has 7 heteroatoms. The van der Waals surface area contributed by atoms with Gasteiger partial charge in [0.25, 0.3) is 5.91 Å². The number of aryl methyl sites for hydroxylation is 3. The quantitative estimate of drug-likeness (QED) is 0.468. The first kappa shape index (κ1) is 21.7. The zero-order valence-corrected chi connectivity index (χ0v) is 19.4. The first-order chi connectivity index (χ1) is 15.3. The summed E-state index contributed by atoms with van der Waals surface area (Å²) in [7, 11) is 3.73. The van der Waals surface area contributed by atoms with E-state index in [1.165, 1.54) is 0 Å². The van der Waals surface area contributed by atoms with Gasteiger partial charge in [0, 0.05) is 37.6 Å². The normalized spacial score (nSPS) is 11.4. The van der Waals surface area contributed by atoms with Gasteiger partial charge in [0.2, 0.25) is 0 Å². The zero-order chi connectivity index (χ0) is 22.8. The lowest BCUT2D eigenvalue weighted by Crippen LogP contribution is -2.28. The van der Waals surface area contributed by atoms with Gasteiger partial charge in [0.1, 0.15) is 0 Å². The number of carbonyl (C=O) groups is 1. The molecule has 1 aromatic carbocycles. The predicted molar refractivity (Wildman–Crippen MR) is 127 cm³/mol. The van der Waals surface area contributed by atoms with Gasteiger partial charge in [-0.15, -0.1) is 0 Å². The highest BCUT2D eigenvalue weighted by molar-refractivity contribution is 6.06. The minimum absolute atomic E-state index is 0.00462. The van der Waals surface area contributed by atoms with Crippen molar-refractivity contribution in [3.8, 4) is 11.3 Å². The number of pyridine rings is 1. The number of benzene rings is 1. The van der Waals surface area contributed by atoms with E-state index in [4.69, 9.17) is 4.98 Å². The minimum atomic E-state index is 0.00462. The summed E-state index contributed by atoms with van der Waals surface area (Å²) in [5.74, 6) is 0.232. The number of amides is 1. The highest BCUT2D eigenvalue weighted by Crippen LogP contribution is 2.26. The third-order valence-electron chi connectivity index (χ3n) is 5.80. The molecule has 0 spiro atoms. The molecule has 4 rings (SSSR count). The fourth-order valence-electron chi connectivity index (χ4n) is 3.99. The average molecular weight is 431 g/mol. The number of nitrogens with zero attached hydrogens (tertiary/aromatic N) is 5. The maximum absolute atomic E-state index is 13.4. The van der Waals surface area contributed by atoms with E-state index in [1.54, 1.807) is 9.58 Å². The summed E-state index contributed by atoms with van der Waals surface area (Å²) in [5, 5.41) is 12.9. The van der Waals surface area contributed by atoms with Crippen LogP contribution in [-0.2, 0) is 13.5 Å². The Kier molecular flexibility index (Phi) is 6.08. The fraction of sp³-hybridized carbons (Fsp3) is 0.360. The molecule has 0 atom stereocenters. The molecule has 7 nitrogen and oxygen atoms in total.